The average molecular weight is 291 g/mol. The van der Waals surface area contributed by atoms with Gasteiger partial charge in [-0.1, -0.05) is 5.06 Å². The number of nitrogens with zero attached hydrogens (tertiary/aromatic N) is 4. The summed E-state index contributed by atoms with van der Waals surface area (Å²) >= 11 is 1.11. The topological polar surface area (TPSA) is 75.0 Å². The molecule has 105 valence electrons. The number of aromatic nitrogens is 2. The van der Waals surface area contributed by atoms with Gasteiger partial charge < -0.3 is 5.21 Å². The summed E-state index contributed by atoms with van der Waals surface area (Å²) in [5.41, 5.74) is 0.433. The van der Waals surface area contributed by atoms with E-state index in [2.05, 4.69) is 8.75 Å². The minimum Gasteiger partial charge on any atom is -0.714 e. The van der Waals surface area contributed by atoms with E-state index in [9.17, 15) is 10.4 Å². The minimum atomic E-state index is -0.806. The summed E-state index contributed by atoms with van der Waals surface area (Å²) in [6.45, 7) is 7.11. The molecular formula is C13H15N4O2S. The second-order valence-electron chi connectivity index (χ2n) is 6.00. The molecule has 0 amide bonds. The number of benzene rings is 1. The molecule has 0 atom stereocenters. The summed E-state index contributed by atoms with van der Waals surface area (Å²) in [5.74, 6) is 0.134. The van der Waals surface area contributed by atoms with Crippen LogP contribution >= 0.6 is 11.7 Å². The zero-order valence-electron chi connectivity index (χ0n) is 11.7. The van der Waals surface area contributed by atoms with E-state index >= 15 is 0 Å². The highest BCUT2D eigenvalue weighted by Gasteiger charge is 2.59. The highest BCUT2D eigenvalue weighted by Crippen LogP contribution is 2.37. The Morgan fingerprint density at radius 3 is 2.45 bits per heavy atom. The van der Waals surface area contributed by atoms with Crippen LogP contribution in [0.1, 0.15) is 33.3 Å². The summed E-state index contributed by atoms with van der Waals surface area (Å²) in [5, 5.41) is 25.9. The van der Waals surface area contributed by atoms with Gasteiger partial charge in [0.15, 0.2) is 5.54 Å². The van der Waals surface area contributed by atoms with Crippen molar-refractivity contribution < 1.29 is 9.95 Å². The Bertz CT molecular complexity index is 720. The third-order valence-corrected chi connectivity index (χ3v) is 4.97. The Morgan fingerprint density at radius 1 is 1.20 bits per heavy atom. The number of hydrogen-bond donors (Lipinski definition) is 0. The summed E-state index contributed by atoms with van der Waals surface area (Å²) in [6.07, 6.45) is 0. The van der Waals surface area contributed by atoms with E-state index in [0.29, 0.717) is 11.1 Å². The van der Waals surface area contributed by atoms with Crippen molar-refractivity contribution in [3.63, 3.8) is 0 Å². The lowest BCUT2D eigenvalue weighted by atomic mass is 9.84. The molecule has 0 aliphatic carbocycles. The van der Waals surface area contributed by atoms with E-state index in [0.717, 1.165) is 27.0 Å². The first-order valence-electron chi connectivity index (χ1n) is 6.31. The van der Waals surface area contributed by atoms with Gasteiger partial charge in [-0.15, -0.1) is 0 Å². The van der Waals surface area contributed by atoms with Crippen LogP contribution in [0.5, 0.6) is 0 Å². The van der Waals surface area contributed by atoms with E-state index in [4.69, 9.17) is 0 Å². The van der Waals surface area contributed by atoms with Gasteiger partial charge in [0.2, 0.25) is 0 Å². The number of hydroxylamine groups is 3. The van der Waals surface area contributed by atoms with E-state index in [-0.39, 0.29) is 5.84 Å². The molecular weight excluding hydrogens is 276 g/mol. The van der Waals surface area contributed by atoms with Crippen LogP contribution < -0.4 is 0 Å². The predicted molar refractivity (Wildman–Crippen MR) is 75.8 cm³/mol. The van der Waals surface area contributed by atoms with Crippen molar-refractivity contribution in [2.24, 2.45) is 0 Å². The van der Waals surface area contributed by atoms with Gasteiger partial charge in [-0.2, -0.15) is 8.75 Å². The minimum absolute atomic E-state index is 0.134. The summed E-state index contributed by atoms with van der Waals surface area (Å²) in [4.78, 5) is 0. The molecule has 0 unspecified atom stereocenters. The molecule has 2 heterocycles. The quantitative estimate of drug-likeness (QED) is 0.596. The lowest BCUT2D eigenvalue weighted by Crippen LogP contribution is -2.53. The van der Waals surface area contributed by atoms with Crippen LogP contribution in [0.15, 0.2) is 18.2 Å². The molecule has 0 spiro atoms. The monoisotopic (exact) mass is 291 g/mol. The van der Waals surface area contributed by atoms with Crippen LogP contribution in [0.3, 0.4) is 0 Å². The van der Waals surface area contributed by atoms with Crippen LogP contribution in [-0.4, -0.2) is 35.5 Å². The molecule has 0 N–H and O–H groups in total. The number of amidine groups is 1. The van der Waals surface area contributed by atoms with Gasteiger partial charge >= 0.3 is 5.84 Å². The Hall–Kier alpha value is -1.73. The Balaban J connectivity index is 2.20. The first-order chi connectivity index (χ1) is 9.26. The highest BCUT2D eigenvalue weighted by atomic mass is 32.1. The molecule has 1 aliphatic rings. The van der Waals surface area contributed by atoms with Gasteiger partial charge in [-0.25, -0.2) is 0 Å². The molecule has 6 nitrogen and oxygen atoms in total. The second-order valence-corrected chi connectivity index (χ2v) is 6.53. The average Bonchev–Trinajstić information content (AvgIpc) is 2.89. The standard InChI is InChI=1S/C13H15N4O2S/c1-12(2)13(3,4)17(19)11(16(12)18)8-5-6-9-10(7-8)15-20-14-9/h5-7H,1-4H3. The lowest BCUT2D eigenvalue weighted by molar-refractivity contribution is -0.539. The fraction of sp³-hybridized carbons (Fsp3) is 0.462. The molecule has 1 aromatic carbocycles. The van der Waals surface area contributed by atoms with Crippen LogP contribution in [0.4, 0.5) is 0 Å². The van der Waals surface area contributed by atoms with Crippen molar-refractivity contribution in [2.45, 2.75) is 38.8 Å². The van der Waals surface area contributed by atoms with Gasteiger partial charge in [0.25, 0.3) is 0 Å². The van der Waals surface area contributed by atoms with Crippen LogP contribution in [0, 0.1) is 5.21 Å². The maximum absolute atomic E-state index is 12.5. The first-order valence-corrected chi connectivity index (χ1v) is 7.04. The molecule has 0 saturated carbocycles. The van der Waals surface area contributed by atoms with E-state index < -0.39 is 11.1 Å². The number of hydrogen-bond acceptors (Lipinski definition) is 5. The number of rotatable bonds is 1. The maximum atomic E-state index is 12.5. The molecule has 0 fully saturated rings. The highest BCUT2D eigenvalue weighted by molar-refractivity contribution is 7.00. The van der Waals surface area contributed by atoms with E-state index in [1.165, 1.54) is 0 Å². The summed E-state index contributed by atoms with van der Waals surface area (Å²) in [7, 11) is 0. The SMILES string of the molecule is CC1(C)N([O])C(c2ccc3nsnc3c2)=[N+]([O-])C1(C)C. The predicted octanol–water partition coefficient (Wildman–Crippen LogP) is 2.17. The van der Waals surface area contributed by atoms with Gasteiger partial charge in [-0.05, 0) is 45.9 Å². The number of fused-ring (bicyclic) bond motifs is 1. The Labute approximate surface area is 120 Å². The fourth-order valence-corrected chi connectivity index (χ4v) is 2.78. The van der Waals surface area contributed by atoms with Crippen LogP contribution in [0.2, 0.25) is 0 Å². The summed E-state index contributed by atoms with van der Waals surface area (Å²) < 4.78 is 9.08. The normalized spacial score (nSPS) is 20.9. The zero-order valence-corrected chi connectivity index (χ0v) is 12.6. The summed E-state index contributed by atoms with van der Waals surface area (Å²) in [6, 6.07) is 5.26. The molecule has 2 aromatic rings. The smallest absolute Gasteiger partial charge is 0.316 e. The molecule has 0 bridgehead atoms. The molecule has 1 aromatic heterocycles. The molecule has 3 rings (SSSR count). The Kier molecular flexibility index (Phi) is 2.58. The molecule has 1 aliphatic heterocycles. The third kappa shape index (κ3) is 1.50. The van der Waals surface area contributed by atoms with Gasteiger partial charge in [0, 0.05) is 5.21 Å². The molecule has 0 saturated heterocycles. The van der Waals surface area contributed by atoms with Crippen molar-refractivity contribution >= 4 is 28.6 Å². The van der Waals surface area contributed by atoms with Gasteiger partial charge in [0.05, 0.1) is 17.3 Å². The molecule has 7 heteroatoms. The van der Waals surface area contributed by atoms with Gasteiger partial charge in [-0.3, -0.25) is 4.74 Å². The molecule has 1 radical (unpaired) electrons. The Morgan fingerprint density at radius 2 is 1.85 bits per heavy atom. The zero-order chi connectivity index (χ0) is 14.7. The van der Waals surface area contributed by atoms with Crippen molar-refractivity contribution in [1.82, 2.24) is 13.8 Å². The third-order valence-electron chi connectivity index (χ3n) is 4.41. The van der Waals surface area contributed by atoms with Crippen molar-refractivity contribution in [3.05, 3.63) is 29.0 Å². The van der Waals surface area contributed by atoms with Crippen molar-refractivity contribution in [3.8, 4) is 0 Å². The first kappa shape index (κ1) is 13.3. The second kappa shape index (κ2) is 3.89. The van der Waals surface area contributed by atoms with E-state index in [1.54, 1.807) is 45.9 Å². The van der Waals surface area contributed by atoms with E-state index in [1.807, 2.05) is 0 Å². The van der Waals surface area contributed by atoms with Crippen molar-refractivity contribution in [2.75, 3.05) is 0 Å². The lowest BCUT2D eigenvalue weighted by Gasteiger charge is -2.32. The largest absolute Gasteiger partial charge is 0.714 e. The fourth-order valence-electron chi connectivity index (χ4n) is 2.26. The maximum Gasteiger partial charge on any atom is 0.316 e. The van der Waals surface area contributed by atoms with Crippen LogP contribution in [-0.2, 0) is 5.21 Å². The molecule has 20 heavy (non-hydrogen) atoms. The van der Waals surface area contributed by atoms with Gasteiger partial charge in [0.1, 0.15) is 16.6 Å². The van der Waals surface area contributed by atoms with Crippen LogP contribution in [0.25, 0.3) is 11.0 Å². The van der Waals surface area contributed by atoms with Crippen molar-refractivity contribution in [1.29, 1.82) is 0 Å².